The lowest BCUT2D eigenvalue weighted by molar-refractivity contribution is 0.136. The van der Waals surface area contributed by atoms with E-state index in [2.05, 4.69) is 54.8 Å². The lowest BCUT2D eigenvalue weighted by Gasteiger charge is -2.39. The van der Waals surface area contributed by atoms with Crippen LogP contribution in [0, 0.1) is 14.4 Å². The zero-order valence-electron chi connectivity index (χ0n) is 15.8. The van der Waals surface area contributed by atoms with Crippen molar-refractivity contribution in [1.82, 2.24) is 9.55 Å². The van der Waals surface area contributed by atoms with Crippen LogP contribution in [0.3, 0.4) is 0 Å². The molecule has 4 rings (SSSR count). The molecule has 2 aromatic rings. The fraction of sp³-hybridized carbons (Fsp3) is 0.524. The monoisotopic (exact) mass is 463 g/mol. The van der Waals surface area contributed by atoms with Gasteiger partial charge < -0.3 is 4.90 Å². The number of aromatic nitrogens is 2. The predicted molar refractivity (Wildman–Crippen MR) is 116 cm³/mol. The van der Waals surface area contributed by atoms with Crippen LogP contribution in [0.4, 0.5) is 5.95 Å². The fourth-order valence-corrected chi connectivity index (χ4v) is 5.88. The van der Waals surface area contributed by atoms with Crippen LogP contribution in [0.1, 0.15) is 40.0 Å². The van der Waals surface area contributed by atoms with Crippen molar-refractivity contribution in [2.75, 3.05) is 11.4 Å². The second-order valence-corrected chi connectivity index (χ2v) is 10.4. The van der Waals surface area contributed by atoms with E-state index in [9.17, 15) is 4.79 Å². The van der Waals surface area contributed by atoms with Gasteiger partial charge in [-0.3, -0.25) is 9.36 Å². The molecular formula is C21H26IN3O. The zero-order chi connectivity index (χ0) is 18.7. The van der Waals surface area contributed by atoms with E-state index in [-0.39, 0.29) is 5.56 Å². The van der Waals surface area contributed by atoms with Gasteiger partial charge in [-0.15, -0.1) is 6.58 Å². The highest BCUT2D eigenvalue weighted by Gasteiger charge is 2.50. The molecule has 1 saturated carbocycles. The van der Waals surface area contributed by atoms with Crippen molar-refractivity contribution in [3.63, 3.8) is 0 Å². The van der Waals surface area contributed by atoms with Gasteiger partial charge in [0, 0.05) is 22.7 Å². The first-order chi connectivity index (χ1) is 12.2. The van der Waals surface area contributed by atoms with Crippen LogP contribution >= 0.6 is 22.6 Å². The van der Waals surface area contributed by atoms with Crippen molar-refractivity contribution >= 4 is 39.4 Å². The summed E-state index contributed by atoms with van der Waals surface area (Å²) >= 11 is 2.24. The maximum Gasteiger partial charge on any atom is 0.263 e. The molecule has 2 bridgehead atoms. The van der Waals surface area contributed by atoms with E-state index in [1.165, 1.54) is 12.8 Å². The van der Waals surface area contributed by atoms with Crippen molar-refractivity contribution in [2.45, 2.75) is 52.6 Å². The average Bonchev–Trinajstić information content (AvgIpc) is 2.79. The summed E-state index contributed by atoms with van der Waals surface area (Å²) in [6, 6.07) is 6.37. The van der Waals surface area contributed by atoms with Gasteiger partial charge in [-0.1, -0.05) is 26.8 Å². The Balaban J connectivity index is 1.89. The molecule has 0 unspecified atom stereocenters. The smallest absolute Gasteiger partial charge is 0.263 e. The van der Waals surface area contributed by atoms with Gasteiger partial charge in [0.05, 0.1) is 10.9 Å². The Bertz CT molecular complexity index is 948. The van der Waals surface area contributed by atoms with E-state index in [1.54, 1.807) is 6.08 Å². The first-order valence-corrected chi connectivity index (χ1v) is 10.4. The molecule has 0 radical (unpaired) electrons. The Hall–Kier alpha value is -1.37. The summed E-state index contributed by atoms with van der Waals surface area (Å²) in [7, 11) is 0. The molecule has 2 aliphatic rings. The third kappa shape index (κ3) is 2.98. The van der Waals surface area contributed by atoms with Gasteiger partial charge in [0.1, 0.15) is 0 Å². The van der Waals surface area contributed by atoms with Gasteiger partial charge in [-0.05, 0) is 70.9 Å². The van der Waals surface area contributed by atoms with E-state index in [4.69, 9.17) is 4.98 Å². The number of benzene rings is 1. The molecule has 1 aromatic carbocycles. The Kier molecular flexibility index (Phi) is 4.21. The van der Waals surface area contributed by atoms with E-state index < -0.39 is 0 Å². The third-order valence-electron chi connectivity index (χ3n) is 5.88. The maximum absolute atomic E-state index is 13.2. The van der Waals surface area contributed by atoms with Crippen LogP contribution < -0.4 is 10.5 Å². The van der Waals surface area contributed by atoms with Crippen molar-refractivity contribution in [3.8, 4) is 0 Å². The molecule has 1 aliphatic heterocycles. The topological polar surface area (TPSA) is 38.1 Å². The summed E-state index contributed by atoms with van der Waals surface area (Å²) in [6.07, 6.45) is 5.35. The van der Waals surface area contributed by atoms with E-state index >= 15 is 0 Å². The quantitative estimate of drug-likeness (QED) is 0.494. The van der Waals surface area contributed by atoms with Crippen LogP contribution in [0.15, 0.2) is 35.6 Å². The van der Waals surface area contributed by atoms with Crippen LogP contribution in [0.5, 0.6) is 0 Å². The summed E-state index contributed by atoms with van der Waals surface area (Å²) in [6.45, 7) is 12.4. The number of anilines is 1. The van der Waals surface area contributed by atoms with Crippen molar-refractivity contribution in [2.24, 2.45) is 10.8 Å². The largest absolute Gasteiger partial charge is 0.339 e. The van der Waals surface area contributed by atoms with Crippen LogP contribution in [-0.4, -0.2) is 22.1 Å². The molecule has 2 heterocycles. The Morgan fingerprint density at radius 3 is 2.85 bits per heavy atom. The molecule has 0 N–H and O–H groups in total. The second kappa shape index (κ2) is 6.08. The van der Waals surface area contributed by atoms with Gasteiger partial charge >= 0.3 is 0 Å². The normalized spacial score (nSPS) is 27.1. The number of hydrogen-bond donors (Lipinski definition) is 0. The molecule has 2 atom stereocenters. The SMILES string of the molecule is C=CCn1c(N2C[C@]3(C)C[C@H]2CC(C)(C)C3)nc2ccc(I)cc2c1=O. The summed E-state index contributed by atoms with van der Waals surface area (Å²) in [5.74, 6) is 0.815. The minimum Gasteiger partial charge on any atom is -0.339 e. The number of rotatable bonds is 3. The van der Waals surface area contributed by atoms with Crippen molar-refractivity contribution < 1.29 is 0 Å². The number of halogens is 1. The number of hydrogen-bond acceptors (Lipinski definition) is 3. The lowest BCUT2D eigenvalue weighted by atomic mass is 9.65. The summed E-state index contributed by atoms with van der Waals surface area (Å²) in [5.41, 5.74) is 1.46. The second-order valence-electron chi connectivity index (χ2n) is 9.12. The van der Waals surface area contributed by atoms with Crippen molar-refractivity contribution in [1.29, 1.82) is 0 Å². The van der Waals surface area contributed by atoms with Crippen LogP contribution in [-0.2, 0) is 6.54 Å². The van der Waals surface area contributed by atoms with Crippen molar-refractivity contribution in [3.05, 3.63) is 44.8 Å². The lowest BCUT2D eigenvalue weighted by Crippen LogP contribution is -2.38. The standard InChI is InChI=1S/C21H26IN3O/c1-5-8-24-18(26)16-9-14(22)6-7-17(16)23-19(24)25-13-21(4)11-15(25)10-20(2,3)12-21/h5-7,9,15H,1,8,10-13H2,2-4H3/t15-,21-/m1/s1. The summed E-state index contributed by atoms with van der Waals surface area (Å²) < 4.78 is 2.86. The summed E-state index contributed by atoms with van der Waals surface area (Å²) in [4.78, 5) is 20.5. The zero-order valence-corrected chi connectivity index (χ0v) is 17.9. The average molecular weight is 463 g/mol. The maximum atomic E-state index is 13.2. The number of fused-ring (bicyclic) bond motifs is 3. The number of nitrogens with zero attached hydrogens (tertiary/aromatic N) is 3. The Morgan fingerprint density at radius 1 is 1.35 bits per heavy atom. The first kappa shape index (κ1) is 18.0. The molecular weight excluding hydrogens is 437 g/mol. The molecule has 4 nitrogen and oxygen atoms in total. The fourth-order valence-electron chi connectivity index (χ4n) is 5.39. The highest BCUT2D eigenvalue weighted by molar-refractivity contribution is 14.1. The van der Waals surface area contributed by atoms with Gasteiger partial charge in [0.15, 0.2) is 0 Å². The predicted octanol–water partition coefficient (Wildman–Crippen LogP) is 4.59. The molecule has 5 heteroatoms. The molecule has 2 fully saturated rings. The molecule has 1 aromatic heterocycles. The molecule has 0 spiro atoms. The van der Waals surface area contributed by atoms with E-state index in [0.717, 1.165) is 28.0 Å². The molecule has 26 heavy (non-hydrogen) atoms. The highest BCUT2D eigenvalue weighted by Crippen LogP contribution is 2.53. The van der Waals surface area contributed by atoms with E-state index in [0.29, 0.717) is 28.8 Å². The molecule has 1 saturated heterocycles. The van der Waals surface area contributed by atoms with Gasteiger partial charge in [-0.2, -0.15) is 0 Å². The van der Waals surface area contributed by atoms with Gasteiger partial charge in [0.2, 0.25) is 5.95 Å². The highest BCUT2D eigenvalue weighted by atomic mass is 127. The third-order valence-corrected chi connectivity index (χ3v) is 6.55. The Morgan fingerprint density at radius 2 is 2.12 bits per heavy atom. The molecule has 138 valence electrons. The van der Waals surface area contributed by atoms with Gasteiger partial charge in [0.25, 0.3) is 5.56 Å². The summed E-state index contributed by atoms with van der Waals surface area (Å²) in [5, 5.41) is 0.691. The Labute approximate surface area is 168 Å². The minimum absolute atomic E-state index is 0.0364. The van der Waals surface area contributed by atoms with E-state index in [1.807, 2.05) is 22.8 Å². The van der Waals surface area contributed by atoms with Gasteiger partial charge in [-0.25, -0.2) is 4.98 Å². The number of allylic oxidation sites excluding steroid dienone is 1. The van der Waals surface area contributed by atoms with Crippen LogP contribution in [0.25, 0.3) is 10.9 Å². The minimum atomic E-state index is 0.0364. The van der Waals surface area contributed by atoms with Crippen LogP contribution in [0.2, 0.25) is 0 Å². The molecule has 1 aliphatic carbocycles. The first-order valence-electron chi connectivity index (χ1n) is 9.29. The molecule has 0 amide bonds.